The molecule has 1 saturated heterocycles. The minimum Gasteiger partial charge on any atom is -0.857 e. The molecule has 4 heterocycles. The Hall–Kier alpha value is -4.45. The number of thiophene rings is 1. The lowest BCUT2D eigenvalue weighted by Gasteiger charge is -2.17. The lowest BCUT2D eigenvalue weighted by atomic mass is 9.98. The van der Waals surface area contributed by atoms with E-state index in [4.69, 9.17) is 15.2 Å². The van der Waals surface area contributed by atoms with Gasteiger partial charge in [0.05, 0.1) is 39.7 Å². The molecule has 2 N–H and O–H groups in total. The summed E-state index contributed by atoms with van der Waals surface area (Å²) in [5, 5.41) is 19.7. The second-order valence-electron chi connectivity index (χ2n) is 9.41. The van der Waals surface area contributed by atoms with E-state index >= 15 is 0 Å². The molecule has 0 unspecified atom stereocenters. The minimum atomic E-state index is -4.46. The van der Waals surface area contributed by atoms with Gasteiger partial charge in [-0.3, -0.25) is 4.52 Å². The van der Waals surface area contributed by atoms with Crippen LogP contribution in [-0.2, 0) is 6.18 Å². The van der Waals surface area contributed by atoms with Crippen LogP contribution in [0.2, 0.25) is 0 Å². The van der Waals surface area contributed by atoms with E-state index < -0.39 is 17.6 Å². The van der Waals surface area contributed by atoms with E-state index in [0.717, 1.165) is 61.4 Å². The second-order valence-corrected chi connectivity index (χ2v) is 10.4. The maximum Gasteiger partial charge on any atom is 0.416 e. The lowest BCUT2D eigenvalue weighted by molar-refractivity contribution is -0.759. The summed E-state index contributed by atoms with van der Waals surface area (Å²) in [7, 11) is 0. The van der Waals surface area contributed by atoms with Crippen molar-refractivity contribution in [2.75, 3.05) is 23.8 Å². The van der Waals surface area contributed by atoms with Crippen molar-refractivity contribution in [3.8, 4) is 22.4 Å². The summed E-state index contributed by atoms with van der Waals surface area (Å²) < 4.78 is 44.9. The fraction of sp³-hybridized carbons (Fsp3) is 0.214. The highest BCUT2D eigenvalue weighted by atomic mass is 32.1. The summed E-state index contributed by atoms with van der Waals surface area (Å²) in [4.78, 5) is 11.0. The normalized spacial score (nSPS) is 14.7. The summed E-state index contributed by atoms with van der Waals surface area (Å²) in [6.45, 7) is 1.66. The Morgan fingerprint density at radius 2 is 1.75 bits per heavy atom. The van der Waals surface area contributed by atoms with Crippen LogP contribution in [0, 0.1) is 0 Å². The van der Waals surface area contributed by atoms with Crippen LogP contribution >= 0.6 is 11.3 Å². The van der Waals surface area contributed by atoms with E-state index in [2.05, 4.69) is 10.3 Å². The van der Waals surface area contributed by atoms with Crippen molar-refractivity contribution in [1.29, 1.82) is 0 Å². The zero-order valence-electron chi connectivity index (χ0n) is 21.1. The van der Waals surface area contributed by atoms with Crippen molar-refractivity contribution < 1.29 is 27.6 Å². The average Bonchev–Trinajstić information content (AvgIpc) is 3.57. The molecule has 1 aliphatic heterocycles. The fourth-order valence-corrected chi connectivity index (χ4v) is 5.75. The van der Waals surface area contributed by atoms with Crippen LogP contribution < -0.4 is 20.6 Å². The molecule has 8 nitrogen and oxygen atoms in total. The molecule has 6 rings (SSSR count). The average molecular weight is 565 g/mol. The summed E-state index contributed by atoms with van der Waals surface area (Å²) in [6.07, 6.45) is 0.332. The molecule has 0 radical (unpaired) electrons. The topological polar surface area (TPSA) is 107 Å². The van der Waals surface area contributed by atoms with Gasteiger partial charge in [0.2, 0.25) is 5.27 Å². The molecule has 1 fully saturated rings. The molecule has 0 amide bonds. The number of aliphatic imine (C=N–C) groups is 1. The molecule has 3 aromatic heterocycles. The van der Waals surface area contributed by atoms with Crippen LogP contribution in [0.25, 0.3) is 32.6 Å². The highest BCUT2D eigenvalue weighted by molar-refractivity contribution is 7.21. The first-order valence-electron chi connectivity index (χ1n) is 12.6. The zero-order valence-corrected chi connectivity index (χ0v) is 21.9. The molecule has 0 spiro atoms. The molecule has 12 heteroatoms. The molecule has 204 valence electrons. The van der Waals surface area contributed by atoms with Crippen LogP contribution in [0.3, 0.4) is 0 Å². The number of benzene rings is 2. The summed E-state index contributed by atoms with van der Waals surface area (Å²) in [5.41, 5.74) is 8.37. The Kier molecular flexibility index (Phi) is 6.62. The van der Waals surface area contributed by atoms with Gasteiger partial charge in [-0.2, -0.15) is 18.2 Å². The maximum atomic E-state index is 13.2. The van der Waals surface area contributed by atoms with Gasteiger partial charge in [0, 0.05) is 16.8 Å². The van der Waals surface area contributed by atoms with Crippen LogP contribution in [-0.4, -0.2) is 29.2 Å². The van der Waals surface area contributed by atoms with E-state index in [0.29, 0.717) is 27.0 Å². The van der Waals surface area contributed by atoms with Crippen molar-refractivity contribution in [3.63, 3.8) is 0 Å². The number of aromatic nitrogens is 3. The van der Waals surface area contributed by atoms with Gasteiger partial charge >= 0.3 is 12.1 Å². The van der Waals surface area contributed by atoms with E-state index in [9.17, 15) is 18.3 Å². The molecule has 0 bridgehead atoms. The van der Waals surface area contributed by atoms with Gasteiger partial charge in [0.1, 0.15) is 4.83 Å². The number of nitrogen functional groups attached to an aromatic ring is 1. The Morgan fingerprint density at radius 3 is 2.45 bits per heavy atom. The number of fused-ring (bicyclic) bond motifs is 1. The SMILES string of the molecule is Nc1c(/C([O-])=N/c2c[n+](N3CCCCC3)no2)sc2nc(-c3ccccc3)cc(-c3ccc(C(F)(F)F)cc3)c12. The zero-order chi connectivity index (χ0) is 27.9. The number of pyridine rings is 1. The van der Waals surface area contributed by atoms with Gasteiger partial charge in [-0.15, -0.1) is 11.3 Å². The largest absolute Gasteiger partial charge is 0.857 e. The first-order valence-corrected chi connectivity index (χ1v) is 13.5. The molecule has 0 saturated carbocycles. The number of alkyl halides is 3. The number of hydrogen-bond donors (Lipinski definition) is 1. The number of anilines is 1. The summed E-state index contributed by atoms with van der Waals surface area (Å²) in [5.74, 6) is -0.588. The van der Waals surface area contributed by atoms with Crippen LogP contribution in [0.15, 0.2) is 76.4 Å². The summed E-state index contributed by atoms with van der Waals surface area (Å²) in [6, 6.07) is 16.0. The van der Waals surface area contributed by atoms with Crippen LogP contribution in [0.4, 0.5) is 24.7 Å². The number of piperidine rings is 1. The van der Waals surface area contributed by atoms with Crippen LogP contribution in [0.5, 0.6) is 0 Å². The van der Waals surface area contributed by atoms with E-state index in [-0.39, 0.29) is 16.4 Å². The Morgan fingerprint density at radius 1 is 1.02 bits per heavy atom. The van der Waals surface area contributed by atoms with Crippen LogP contribution in [0.1, 0.15) is 29.7 Å². The highest BCUT2D eigenvalue weighted by Gasteiger charge is 2.30. The van der Waals surface area contributed by atoms with Gasteiger partial charge in [0.15, 0.2) is 0 Å². The van der Waals surface area contributed by atoms with E-state index in [1.165, 1.54) is 12.1 Å². The van der Waals surface area contributed by atoms with Crippen molar-refractivity contribution in [1.82, 2.24) is 10.3 Å². The third-order valence-corrected chi connectivity index (χ3v) is 7.85. The Bertz CT molecular complexity index is 1690. The van der Waals surface area contributed by atoms with E-state index in [1.807, 2.05) is 35.3 Å². The molecular formula is C28H23F3N6O2S. The standard InChI is InChI=1S/C28H23F3N6O2S/c29-28(30,31)19-11-9-17(10-12-19)20-15-21(18-7-3-1-4-8-18)33-27-23(20)24(32)25(40-27)26(38)34-22-16-37(35-39-22)36-13-5-2-6-14-36/h1,3-4,7-12,15-16H,2,5-6,13-14H2,(H2-,32,34,35,38). The number of rotatable bonds is 5. The quantitative estimate of drug-likeness (QED) is 0.182. The minimum absolute atomic E-state index is 0.0355. The molecule has 40 heavy (non-hydrogen) atoms. The maximum absolute atomic E-state index is 13.2. The molecule has 1 aliphatic rings. The van der Waals surface area contributed by atoms with Gasteiger partial charge in [-0.1, -0.05) is 42.5 Å². The van der Waals surface area contributed by atoms with Crippen molar-refractivity contribution in [2.24, 2.45) is 4.99 Å². The Labute approximate surface area is 230 Å². The number of hydrogen-bond acceptors (Lipinski definition) is 8. The number of nitrogens with zero attached hydrogens (tertiary/aromatic N) is 5. The first kappa shape index (κ1) is 25.8. The van der Waals surface area contributed by atoms with Crippen molar-refractivity contribution in [3.05, 3.63) is 77.3 Å². The molecule has 5 aromatic rings. The molecule has 0 aliphatic carbocycles. The smallest absolute Gasteiger partial charge is 0.416 e. The number of nitrogens with two attached hydrogens (primary N) is 1. The van der Waals surface area contributed by atoms with Crippen molar-refractivity contribution >= 4 is 39.0 Å². The Balaban J connectivity index is 1.44. The third kappa shape index (κ3) is 4.97. The monoisotopic (exact) mass is 564 g/mol. The van der Waals surface area contributed by atoms with Gasteiger partial charge in [0.25, 0.3) is 6.20 Å². The lowest BCUT2D eigenvalue weighted by Crippen LogP contribution is -2.60. The highest BCUT2D eigenvalue weighted by Crippen LogP contribution is 2.42. The molecular weight excluding hydrogens is 541 g/mol. The molecule has 2 aromatic carbocycles. The second kappa shape index (κ2) is 10.3. The van der Waals surface area contributed by atoms with Gasteiger partial charge in [-0.05, 0) is 48.6 Å². The van der Waals surface area contributed by atoms with Gasteiger partial charge in [-0.25, -0.2) is 9.98 Å². The fourth-order valence-electron chi connectivity index (χ4n) is 4.75. The predicted molar refractivity (Wildman–Crippen MR) is 145 cm³/mol. The predicted octanol–water partition coefficient (Wildman–Crippen LogP) is 5.07. The summed E-state index contributed by atoms with van der Waals surface area (Å²) >= 11 is 1.07. The first-order chi connectivity index (χ1) is 19.3. The van der Waals surface area contributed by atoms with Gasteiger partial charge < -0.3 is 10.8 Å². The van der Waals surface area contributed by atoms with Crippen molar-refractivity contribution in [2.45, 2.75) is 25.4 Å². The molecule has 0 atom stereocenters. The number of halogens is 3. The third-order valence-electron chi connectivity index (χ3n) is 6.76. The van der Waals surface area contributed by atoms with E-state index in [1.54, 1.807) is 17.1 Å².